The summed E-state index contributed by atoms with van der Waals surface area (Å²) >= 11 is 0. The minimum Gasteiger partial charge on any atom is -0.504 e. The average Bonchev–Trinajstić information content (AvgIpc) is 2.56. The monoisotopic (exact) mass is 358 g/mol. The van der Waals surface area contributed by atoms with Crippen LogP contribution in [-0.4, -0.2) is 42.6 Å². The van der Waals surface area contributed by atoms with E-state index >= 15 is 0 Å². The van der Waals surface area contributed by atoms with Crippen molar-refractivity contribution in [3.8, 4) is 23.0 Å². The first-order chi connectivity index (χ1) is 12.2. The summed E-state index contributed by atoms with van der Waals surface area (Å²) < 4.78 is 0. The molecule has 0 amide bonds. The van der Waals surface area contributed by atoms with Gasteiger partial charge in [0, 0.05) is 5.92 Å². The van der Waals surface area contributed by atoms with Crippen molar-refractivity contribution in [2.24, 2.45) is 5.92 Å². The van der Waals surface area contributed by atoms with Crippen molar-refractivity contribution in [3.63, 3.8) is 0 Å². The van der Waals surface area contributed by atoms with Gasteiger partial charge in [-0.25, -0.2) is 4.79 Å². The second kappa shape index (κ2) is 5.99. The highest BCUT2D eigenvalue weighted by molar-refractivity contribution is 6.00. The number of carboxylic acid groups (broad SMARTS) is 2. The molecule has 1 aliphatic carbocycles. The zero-order valence-electron chi connectivity index (χ0n) is 13.1. The third kappa shape index (κ3) is 2.67. The zero-order chi connectivity index (χ0) is 19.2. The number of phenolic OH excluding ortho intramolecular Hbond substituents is 4. The Morgan fingerprint density at radius 3 is 2.00 bits per heavy atom. The van der Waals surface area contributed by atoms with E-state index in [1.165, 1.54) is 6.07 Å². The van der Waals surface area contributed by atoms with Gasteiger partial charge in [-0.2, -0.15) is 0 Å². The van der Waals surface area contributed by atoms with E-state index in [-0.39, 0.29) is 16.7 Å². The van der Waals surface area contributed by atoms with Crippen molar-refractivity contribution in [2.45, 2.75) is 5.92 Å². The standard InChI is InChI=1S/C18H14O8/c19-11-2-1-7(4-12(11)20)15-9-6-14(22)13(21)5-8(9)3-10(17(23)24)16(15)18(25)26/h1-6,15-16,19-22H,(H,23,24)(H,25,26)/t15-,16+/m0/s1. The number of hydrogen-bond donors (Lipinski definition) is 6. The topological polar surface area (TPSA) is 156 Å². The molecule has 134 valence electrons. The lowest BCUT2D eigenvalue weighted by Gasteiger charge is -2.31. The fourth-order valence-corrected chi connectivity index (χ4v) is 3.20. The number of fused-ring (bicyclic) bond motifs is 1. The van der Waals surface area contributed by atoms with Gasteiger partial charge >= 0.3 is 11.9 Å². The predicted octanol–water partition coefficient (Wildman–Crippen LogP) is 1.82. The molecular weight excluding hydrogens is 344 g/mol. The average molecular weight is 358 g/mol. The molecule has 1 aliphatic rings. The van der Waals surface area contributed by atoms with Crippen molar-refractivity contribution in [1.29, 1.82) is 0 Å². The van der Waals surface area contributed by atoms with Crippen LogP contribution in [0.15, 0.2) is 35.9 Å². The molecular formula is C18H14O8. The Morgan fingerprint density at radius 1 is 0.808 bits per heavy atom. The van der Waals surface area contributed by atoms with Crippen molar-refractivity contribution in [2.75, 3.05) is 0 Å². The lowest BCUT2D eigenvalue weighted by atomic mass is 9.71. The third-order valence-corrected chi connectivity index (χ3v) is 4.37. The number of benzene rings is 2. The molecule has 0 saturated heterocycles. The molecule has 0 radical (unpaired) electrons. The Kier molecular flexibility index (Phi) is 3.96. The maximum absolute atomic E-state index is 11.8. The summed E-state index contributed by atoms with van der Waals surface area (Å²) in [6.07, 6.45) is 1.13. The van der Waals surface area contributed by atoms with Crippen molar-refractivity contribution < 1.29 is 40.2 Å². The Bertz CT molecular complexity index is 960. The SMILES string of the molecule is O=C(O)C1=Cc2cc(O)c(O)cc2[C@H](c2ccc(O)c(O)c2)[C@@H]1C(=O)O. The highest BCUT2D eigenvalue weighted by atomic mass is 16.4. The number of aromatic hydroxyl groups is 4. The van der Waals surface area contributed by atoms with E-state index in [0.29, 0.717) is 0 Å². The van der Waals surface area contributed by atoms with Crippen molar-refractivity contribution in [3.05, 3.63) is 52.6 Å². The van der Waals surface area contributed by atoms with Gasteiger partial charge in [-0.15, -0.1) is 0 Å². The van der Waals surface area contributed by atoms with Gasteiger partial charge < -0.3 is 30.6 Å². The van der Waals surface area contributed by atoms with Gasteiger partial charge in [0.25, 0.3) is 0 Å². The van der Waals surface area contributed by atoms with E-state index in [1.54, 1.807) is 0 Å². The van der Waals surface area contributed by atoms with E-state index in [1.807, 2.05) is 0 Å². The van der Waals surface area contributed by atoms with Gasteiger partial charge in [-0.3, -0.25) is 4.79 Å². The van der Waals surface area contributed by atoms with E-state index in [4.69, 9.17) is 0 Å². The van der Waals surface area contributed by atoms with Crippen LogP contribution in [0.25, 0.3) is 6.08 Å². The zero-order valence-corrected chi connectivity index (χ0v) is 13.1. The Morgan fingerprint density at radius 2 is 1.42 bits per heavy atom. The second-order valence-electron chi connectivity index (χ2n) is 5.92. The number of carbonyl (C=O) groups is 2. The van der Waals surface area contributed by atoms with E-state index in [0.717, 1.165) is 30.3 Å². The minimum atomic E-state index is -1.51. The number of aliphatic carboxylic acids is 2. The number of rotatable bonds is 3. The van der Waals surface area contributed by atoms with E-state index in [9.17, 15) is 40.2 Å². The lowest BCUT2D eigenvalue weighted by Crippen LogP contribution is -2.31. The fourth-order valence-electron chi connectivity index (χ4n) is 3.20. The van der Waals surface area contributed by atoms with Crippen LogP contribution < -0.4 is 0 Å². The maximum atomic E-state index is 11.8. The molecule has 2 atom stereocenters. The molecule has 0 spiro atoms. The van der Waals surface area contributed by atoms with E-state index in [2.05, 4.69) is 0 Å². The molecule has 3 rings (SSSR count). The molecule has 0 heterocycles. The molecule has 0 aliphatic heterocycles. The summed E-state index contributed by atoms with van der Waals surface area (Å²) in [4.78, 5) is 23.4. The molecule has 2 aromatic rings. The molecule has 0 fully saturated rings. The number of phenols is 4. The fraction of sp³-hybridized carbons (Fsp3) is 0.111. The van der Waals surface area contributed by atoms with Crippen LogP contribution in [0.1, 0.15) is 22.6 Å². The van der Waals surface area contributed by atoms with Gasteiger partial charge in [0.15, 0.2) is 23.0 Å². The number of hydrogen-bond acceptors (Lipinski definition) is 6. The summed E-state index contributed by atoms with van der Waals surface area (Å²) in [5, 5.41) is 57.8. The summed E-state index contributed by atoms with van der Waals surface area (Å²) in [6, 6.07) is 5.94. The Hall–Kier alpha value is -3.68. The van der Waals surface area contributed by atoms with Crippen LogP contribution in [0.2, 0.25) is 0 Å². The summed E-state index contributed by atoms with van der Waals surface area (Å²) in [5.41, 5.74) is 0.314. The Labute approximate surface area is 146 Å². The summed E-state index contributed by atoms with van der Waals surface area (Å²) in [7, 11) is 0. The Balaban J connectivity index is 2.33. The largest absolute Gasteiger partial charge is 0.504 e. The van der Waals surface area contributed by atoms with E-state index < -0.39 is 52.3 Å². The van der Waals surface area contributed by atoms with Gasteiger partial charge in [-0.05, 0) is 47.0 Å². The first-order valence-corrected chi connectivity index (χ1v) is 7.46. The molecule has 6 N–H and O–H groups in total. The van der Waals surface area contributed by atoms with Crippen LogP contribution in [0.5, 0.6) is 23.0 Å². The van der Waals surface area contributed by atoms with Crippen molar-refractivity contribution >= 4 is 18.0 Å². The molecule has 0 aromatic heterocycles. The third-order valence-electron chi connectivity index (χ3n) is 4.37. The van der Waals surface area contributed by atoms with Crippen LogP contribution in [0.3, 0.4) is 0 Å². The number of carboxylic acids is 2. The summed E-state index contributed by atoms with van der Waals surface area (Å²) in [5.74, 6) is -7.32. The first-order valence-electron chi connectivity index (χ1n) is 7.46. The van der Waals surface area contributed by atoms with Gasteiger partial charge in [0.1, 0.15) is 0 Å². The maximum Gasteiger partial charge on any atom is 0.332 e. The molecule has 0 bridgehead atoms. The van der Waals surface area contributed by atoms with Crippen LogP contribution in [-0.2, 0) is 9.59 Å². The molecule has 2 aromatic carbocycles. The molecule has 26 heavy (non-hydrogen) atoms. The highest BCUT2D eigenvalue weighted by Gasteiger charge is 2.41. The van der Waals surface area contributed by atoms with Gasteiger partial charge in [-0.1, -0.05) is 6.07 Å². The van der Waals surface area contributed by atoms with Crippen molar-refractivity contribution in [1.82, 2.24) is 0 Å². The minimum absolute atomic E-state index is 0.228. The summed E-state index contributed by atoms with van der Waals surface area (Å²) in [6.45, 7) is 0. The van der Waals surface area contributed by atoms with Gasteiger partial charge in [0.05, 0.1) is 11.5 Å². The van der Waals surface area contributed by atoms with Gasteiger partial charge in [0.2, 0.25) is 0 Å². The normalized spacial score (nSPS) is 18.7. The predicted molar refractivity (Wildman–Crippen MR) is 88.1 cm³/mol. The van der Waals surface area contributed by atoms with Crippen LogP contribution in [0, 0.1) is 5.92 Å². The molecule has 8 heteroatoms. The molecule has 0 saturated carbocycles. The highest BCUT2D eigenvalue weighted by Crippen LogP contribution is 2.47. The first kappa shape index (κ1) is 17.2. The lowest BCUT2D eigenvalue weighted by molar-refractivity contribution is -0.144. The second-order valence-corrected chi connectivity index (χ2v) is 5.92. The molecule has 0 unspecified atom stereocenters. The smallest absolute Gasteiger partial charge is 0.332 e. The molecule has 8 nitrogen and oxygen atoms in total. The van der Waals surface area contributed by atoms with Crippen LogP contribution >= 0.6 is 0 Å². The van der Waals surface area contributed by atoms with Crippen LogP contribution in [0.4, 0.5) is 0 Å². The quantitative estimate of drug-likeness (QED) is 0.454.